The van der Waals surface area contributed by atoms with Crippen LogP contribution in [0.1, 0.15) is 24.0 Å². The van der Waals surface area contributed by atoms with Crippen molar-refractivity contribution in [2.45, 2.75) is 38.5 Å². The van der Waals surface area contributed by atoms with Crippen LogP contribution < -0.4 is 4.74 Å². The number of hydrogen-bond donors (Lipinski definition) is 1. The number of rotatable bonds is 11. The number of aromatic nitrogens is 2. The lowest BCUT2D eigenvalue weighted by Crippen LogP contribution is -2.36. The molecule has 3 aromatic rings. The molecular weight excluding hydrogens is 414 g/mol. The third-order valence-electron chi connectivity index (χ3n) is 5.74. The van der Waals surface area contributed by atoms with Crippen LogP contribution in [-0.4, -0.2) is 51.7 Å². The summed E-state index contributed by atoms with van der Waals surface area (Å²) in [6.45, 7) is 3.60. The molecule has 6 nitrogen and oxygen atoms in total. The van der Waals surface area contributed by atoms with Crippen LogP contribution in [0.5, 0.6) is 11.6 Å². The first-order valence-electron chi connectivity index (χ1n) is 11.3. The van der Waals surface area contributed by atoms with Crippen molar-refractivity contribution >= 4 is 0 Å². The fourth-order valence-electron chi connectivity index (χ4n) is 3.93. The first kappa shape index (κ1) is 23.1. The number of aliphatic hydroxyl groups excluding tert-OH is 1. The molecule has 4 rings (SSSR count). The zero-order valence-corrected chi connectivity index (χ0v) is 19.3. The number of aryl methyl sites for hydroxylation is 2. The molecule has 1 fully saturated rings. The van der Waals surface area contributed by atoms with Gasteiger partial charge >= 0.3 is 0 Å². The van der Waals surface area contributed by atoms with E-state index in [1.807, 2.05) is 49.5 Å². The van der Waals surface area contributed by atoms with Crippen LogP contribution in [0.3, 0.4) is 0 Å². The van der Waals surface area contributed by atoms with Crippen LogP contribution in [0.15, 0.2) is 54.6 Å². The van der Waals surface area contributed by atoms with Crippen molar-refractivity contribution in [3.63, 3.8) is 0 Å². The van der Waals surface area contributed by atoms with Crippen LogP contribution >= 0.6 is 0 Å². The van der Waals surface area contributed by atoms with Gasteiger partial charge in [-0.3, -0.25) is 4.90 Å². The summed E-state index contributed by atoms with van der Waals surface area (Å²) in [6, 6.07) is 18.6. The van der Waals surface area contributed by atoms with Gasteiger partial charge < -0.3 is 14.6 Å². The third-order valence-corrected chi connectivity index (χ3v) is 5.74. The first-order chi connectivity index (χ1) is 16.0. The summed E-state index contributed by atoms with van der Waals surface area (Å²) in [7, 11) is 1.91. The van der Waals surface area contributed by atoms with Gasteiger partial charge in [0.1, 0.15) is 18.1 Å². The fraction of sp³-hybridized carbons (Fsp3) is 0.370. The minimum atomic E-state index is -0.614. The normalized spacial score (nSPS) is 14.3. The van der Waals surface area contributed by atoms with Gasteiger partial charge in [0.15, 0.2) is 0 Å². The van der Waals surface area contributed by atoms with Crippen molar-refractivity contribution in [1.82, 2.24) is 14.7 Å². The molecule has 172 valence electrons. The highest BCUT2D eigenvalue weighted by Gasteiger charge is 2.33. The molecule has 1 N–H and O–H groups in total. The van der Waals surface area contributed by atoms with E-state index in [1.54, 1.807) is 4.68 Å². The van der Waals surface area contributed by atoms with Gasteiger partial charge in [0, 0.05) is 31.7 Å². The van der Waals surface area contributed by atoms with E-state index in [0.29, 0.717) is 25.0 Å². The maximum absolute atomic E-state index is 10.5. The average Bonchev–Trinajstić information content (AvgIpc) is 3.62. The summed E-state index contributed by atoms with van der Waals surface area (Å²) in [5, 5.41) is 15.4. The van der Waals surface area contributed by atoms with E-state index in [1.165, 1.54) is 5.56 Å². The summed E-state index contributed by atoms with van der Waals surface area (Å²) in [5.41, 5.74) is 4.12. The molecule has 2 aromatic carbocycles. The van der Waals surface area contributed by atoms with Crippen molar-refractivity contribution in [3.8, 4) is 35.2 Å². The Bertz CT molecular complexity index is 1080. The molecule has 1 aliphatic carbocycles. The van der Waals surface area contributed by atoms with Crippen molar-refractivity contribution in [2.75, 3.05) is 19.8 Å². The van der Waals surface area contributed by atoms with E-state index in [4.69, 9.17) is 21.0 Å². The molecule has 1 aromatic heterocycles. The minimum Gasteiger partial charge on any atom is -0.439 e. The average molecular weight is 446 g/mol. The molecule has 0 unspecified atom stereocenters. The van der Waals surface area contributed by atoms with Crippen LogP contribution in [0.4, 0.5) is 0 Å². The molecule has 1 atom stereocenters. The second-order valence-corrected chi connectivity index (χ2v) is 8.57. The lowest BCUT2D eigenvalue weighted by atomic mass is 10.1. The molecule has 0 radical (unpaired) electrons. The van der Waals surface area contributed by atoms with Gasteiger partial charge in [-0.05, 0) is 31.9 Å². The summed E-state index contributed by atoms with van der Waals surface area (Å²) < 4.78 is 13.5. The maximum Gasteiger partial charge on any atom is 0.222 e. The Hall–Kier alpha value is -3.11. The van der Waals surface area contributed by atoms with Crippen LogP contribution in [0, 0.1) is 19.3 Å². The molecule has 1 aliphatic rings. The SMILES string of the molecule is C#CCOC[C@@H](O)CN(Cc1c(-c2ccccc2)nn(C)c1Oc1ccc(C)cc1)C1CC1. The Morgan fingerprint density at radius 1 is 1.18 bits per heavy atom. The highest BCUT2D eigenvalue weighted by atomic mass is 16.5. The monoisotopic (exact) mass is 445 g/mol. The molecule has 0 amide bonds. The van der Waals surface area contributed by atoms with Gasteiger partial charge in [-0.1, -0.05) is 53.9 Å². The largest absolute Gasteiger partial charge is 0.439 e. The molecule has 0 aliphatic heterocycles. The van der Waals surface area contributed by atoms with Crippen molar-refractivity contribution in [3.05, 3.63) is 65.7 Å². The van der Waals surface area contributed by atoms with E-state index in [9.17, 15) is 5.11 Å². The molecule has 33 heavy (non-hydrogen) atoms. The lowest BCUT2D eigenvalue weighted by Gasteiger charge is -2.25. The quantitative estimate of drug-likeness (QED) is 0.355. The topological polar surface area (TPSA) is 59.8 Å². The maximum atomic E-state index is 10.5. The van der Waals surface area contributed by atoms with E-state index < -0.39 is 6.10 Å². The number of ether oxygens (including phenoxy) is 2. The Balaban J connectivity index is 1.63. The van der Waals surface area contributed by atoms with Crippen LogP contribution in [0.2, 0.25) is 0 Å². The zero-order valence-electron chi connectivity index (χ0n) is 19.3. The molecule has 1 saturated carbocycles. The Morgan fingerprint density at radius 2 is 1.91 bits per heavy atom. The third kappa shape index (κ3) is 6.02. The molecule has 6 heteroatoms. The minimum absolute atomic E-state index is 0.204. The highest BCUT2D eigenvalue weighted by Crippen LogP contribution is 2.37. The number of nitrogens with zero attached hydrogens (tertiary/aromatic N) is 3. The standard InChI is InChI=1S/C27H31N3O3/c1-4-16-32-19-23(31)17-30(22-12-13-22)18-25-26(21-8-6-5-7-9-21)28-29(3)27(25)33-24-14-10-20(2)11-15-24/h1,5-11,14-15,22-23,31H,12-13,16-19H2,2-3H3/t23-/m0/s1. The van der Waals surface area contributed by atoms with Gasteiger partial charge in [0.05, 0.1) is 18.3 Å². The van der Waals surface area contributed by atoms with Gasteiger partial charge in [-0.25, -0.2) is 4.68 Å². The Kier molecular flexibility index (Phi) is 7.46. The van der Waals surface area contributed by atoms with Crippen molar-refractivity contribution < 1.29 is 14.6 Å². The number of hydrogen-bond acceptors (Lipinski definition) is 5. The predicted octanol–water partition coefficient (Wildman–Crippen LogP) is 4.16. The Morgan fingerprint density at radius 3 is 2.58 bits per heavy atom. The van der Waals surface area contributed by atoms with E-state index in [2.05, 4.69) is 29.9 Å². The molecule has 0 spiro atoms. The highest BCUT2D eigenvalue weighted by molar-refractivity contribution is 5.65. The zero-order chi connectivity index (χ0) is 23.2. The lowest BCUT2D eigenvalue weighted by molar-refractivity contribution is 0.0241. The number of benzene rings is 2. The summed E-state index contributed by atoms with van der Waals surface area (Å²) >= 11 is 0. The van der Waals surface area contributed by atoms with Gasteiger partial charge in [-0.15, -0.1) is 6.42 Å². The predicted molar refractivity (Wildman–Crippen MR) is 129 cm³/mol. The van der Waals surface area contributed by atoms with Gasteiger partial charge in [0.25, 0.3) is 0 Å². The Labute approximate surface area is 195 Å². The van der Waals surface area contributed by atoms with Crippen LogP contribution in [-0.2, 0) is 18.3 Å². The summed E-state index contributed by atoms with van der Waals surface area (Å²) in [4.78, 5) is 2.30. The summed E-state index contributed by atoms with van der Waals surface area (Å²) in [6.07, 6.45) is 6.87. The molecule has 1 heterocycles. The van der Waals surface area contributed by atoms with E-state index >= 15 is 0 Å². The second-order valence-electron chi connectivity index (χ2n) is 8.57. The molecular formula is C27H31N3O3. The number of terminal acetylenes is 1. The smallest absolute Gasteiger partial charge is 0.222 e. The first-order valence-corrected chi connectivity index (χ1v) is 11.3. The molecule has 0 saturated heterocycles. The molecule has 0 bridgehead atoms. The van der Waals surface area contributed by atoms with Gasteiger partial charge in [0.2, 0.25) is 5.88 Å². The van der Waals surface area contributed by atoms with Crippen molar-refractivity contribution in [1.29, 1.82) is 0 Å². The summed E-state index contributed by atoms with van der Waals surface area (Å²) in [5.74, 6) is 3.92. The van der Waals surface area contributed by atoms with E-state index in [0.717, 1.165) is 35.4 Å². The fourth-order valence-corrected chi connectivity index (χ4v) is 3.93. The van der Waals surface area contributed by atoms with Crippen LogP contribution in [0.25, 0.3) is 11.3 Å². The van der Waals surface area contributed by atoms with Crippen molar-refractivity contribution in [2.24, 2.45) is 7.05 Å². The number of aliphatic hydroxyl groups is 1. The van der Waals surface area contributed by atoms with Gasteiger partial charge in [-0.2, -0.15) is 5.10 Å². The van der Waals surface area contributed by atoms with E-state index in [-0.39, 0.29) is 13.2 Å². The second kappa shape index (κ2) is 10.7.